The van der Waals surface area contributed by atoms with Crippen LogP contribution in [-0.4, -0.2) is 70.5 Å². The topological polar surface area (TPSA) is 62.8 Å². The van der Waals surface area contributed by atoms with E-state index in [4.69, 9.17) is 9.47 Å². The molecule has 1 unspecified atom stereocenters. The van der Waals surface area contributed by atoms with Gasteiger partial charge in [0.15, 0.2) is 0 Å². The molecule has 0 aromatic heterocycles. The van der Waals surface area contributed by atoms with E-state index in [9.17, 15) is 4.79 Å². The molecule has 8 heteroatoms. The summed E-state index contributed by atoms with van der Waals surface area (Å²) >= 11 is 0. The van der Waals surface area contributed by atoms with E-state index in [0.29, 0.717) is 13.2 Å². The number of aryl methyl sites for hydroxylation is 1. The second-order valence-electron chi connectivity index (χ2n) is 7.75. The third-order valence-corrected chi connectivity index (χ3v) is 5.87. The Morgan fingerprint density at radius 3 is 2.41 bits per heavy atom. The number of piperidine rings is 1. The summed E-state index contributed by atoms with van der Waals surface area (Å²) in [6, 6.07) is 8.81. The Balaban J connectivity index is 0.00000210. The number of ether oxygens (including phenoxy) is 2. The standard InChI is InChI=1S/C21H33N3O3.2ClH/c1-17-3-5-18(6-4-17)19(24-11-13-27-14-12-24)15-23-20(25)21(16-26-2)7-9-22-10-8-21;;/h3-6,19,22H,7-16H2,1-2H3,(H,23,25);2*1H. The number of hydrogen-bond acceptors (Lipinski definition) is 5. The number of methoxy groups -OCH3 is 1. The quantitative estimate of drug-likeness (QED) is 0.671. The highest BCUT2D eigenvalue weighted by Crippen LogP contribution is 2.30. The van der Waals surface area contributed by atoms with Gasteiger partial charge in [0.2, 0.25) is 5.91 Å². The molecule has 2 fully saturated rings. The molecule has 1 aromatic carbocycles. The van der Waals surface area contributed by atoms with Crippen LogP contribution in [0.2, 0.25) is 0 Å². The van der Waals surface area contributed by atoms with Gasteiger partial charge in [-0.3, -0.25) is 9.69 Å². The van der Waals surface area contributed by atoms with Crippen molar-refractivity contribution in [2.24, 2.45) is 5.41 Å². The van der Waals surface area contributed by atoms with Crippen molar-refractivity contribution in [3.63, 3.8) is 0 Å². The lowest BCUT2D eigenvalue weighted by atomic mass is 9.78. The Bertz CT molecular complexity index is 598. The van der Waals surface area contributed by atoms with Gasteiger partial charge in [0.25, 0.3) is 0 Å². The molecular formula is C21H35Cl2N3O3. The lowest BCUT2D eigenvalue weighted by Gasteiger charge is -2.38. The van der Waals surface area contributed by atoms with E-state index in [2.05, 4.69) is 46.7 Å². The Morgan fingerprint density at radius 2 is 1.83 bits per heavy atom. The molecule has 166 valence electrons. The predicted octanol–water partition coefficient (Wildman–Crippen LogP) is 2.34. The van der Waals surface area contributed by atoms with Gasteiger partial charge in [0.1, 0.15) is 0 Å². The van der Waals surface area contributed by atoms with Crippen LogP contribution in [0.15, 0.2) is 24.3 Å². The SMILES string of the molecule is COCC1(C(=O)NCC(c2ccc(C)cc2)N2CCOCC2)CCNCC1.Cl.Cl. The number of benzene rings is 1. The number of carbonyl (C=O) groups is 1. The number of rotatable bonds is 7. The molecule has 6 nitrogen and oxygen atoms in total. The fourth-order valence-electron chi connectivity index (χ4n) is 4.13. The predicted molar refractivity (Wildman–Crippen MR) is 120 cm³/mol. The van der Waals surface area contributed by atoms with Gasteiger partial charge in [0.05, 0.1) is 31.3 Å². The lowest BCUT2D eigenvalue weighted by molar-refractivity contribution is -0.136. The molecule has 0 radical (unpaired) electrons. The minimum Gasteiger partial charge on any atom is -0.384 e. The van der Waals surface area contributed by atoms with Gasteiger partial charge in [0, 0.05) is 26.7 Å². The first-order chi connectivity index (χ1) is 13.1. The van der Waals surface area contributed by atoms with Crippen LogP contribution >= 0.6 is 24.8 Å². The molecule has 29 heavy (non-hydrogen) atoms. The monoisotopic (exact) mass is 447 g/mol. The van der Waals surface area contributed by atoms with E-state index in [1.54, 1.807) is 7.11 Å². The molecule has 2 aliphatic rings. The van der Waals surface area contributed by atoms with Crippen molar-refractivity contribution in [2.45, 2.75) is 25.8 Å². The summed E-state index contributed by atoms with van der Waals surface area (Å²) in [5.41, 5.74) is 2.08. The van der Waals surface area contributed by atoms with Crippen LogP contribution < -0.4 is 10.6 Å². The molecule has 0 aliphatic carbocycles. The first kappa shape index (κ1) is 26.1. The molecule has 2 N–H and O–H groups in total. The minimum absolute atomic E-state index is 0. The smallest absolute Gasteiger partial charge is 0.228 e. The Labute approximate surface area is 186 Å². The van der Waals surface area contributed by atoms with Crippen LogP contribution in [0, 0.1) is 12.3 Å². The second kappa shape index (κ2) is 12.7. The molecule has 0 bridgehead atoms. The van der Waals surface area contributed by atoms with Crippen LogP contribution in [0.1, 0.15) is 30.0 Å². The summed E-state index contributed by atoms with van der Waals surface area (Å²) in [6.45, 7) is 8.19. The largest absolute Gasteiger partial charge is 0.384 e. The number of amides is 1. The van der Waals surface area contributed by atoms with Gasteiger partial charge >= 0.3 is 0 Å². The third-order valence-electron chi connectivity index (χ3n) is 5.87. The molecule has 1 amide bonds. The Hall–Kier alpha value is -0.890. The van der Waals surface area contributed by atoms with Gasteiger partial charge in [-0.15, -0.1) is 24.8 Å². The fourth-order valence-corrected chi connectivity index (χ4v) is 4.13. The molecule has 2 aliphatic heterocycles. The van der Waals surface area contributed by atoms with Crippen LogP contribution in [0.3, 0.4) is 0 Å². The van der Waals surface area contributed by atoms with E-state index < -0.39 is 5.41 Å². The molecule has 2 heterocycles. The molecule has 1 atom stereocenters. The molecule has 0 spiro atoms. The van der Waals surface area contributed by atoms with Crippen molar-refractivity contribution < 1.29 is 14.3 Å². The van der Waals surface area contributed by atoms with Crippen molar-refractivity contribution in [2.75, 3.05) is 59.7 Å². The van der Waals surface area contributed by atoms with Crippen molar-refractivity contribution in [1.29, 1.82) is 0 Å². The van der Waals surface area contributed by atoms with Crippen molar-refractivity contribution in [3.05, 3.63) is 35.4 Å². The number of hydrogen-bond donors (Lipinski definition) is 2. The maximum atomic E-state index is 13.1. The highest BCUT2D eigenvalue weighted by Gasteiger charge is 2.40. The Kier molecular flexibility index (Phi) is 11.5. The molecule has 2 saturated heterocycles. The van der Waals surface area contributed by atoms with Crippen molar-refractivity contribution in [3.8, 4) is 0 Å². The maximum Gasteiger partial charge on any atom is 0.228 e. The molecular weight excluding hydrogens is 413 g/mol. The minimum atomic E-state index is -0.414. The summed E-state index contributed by atoms with van der Waals surface area (Å²) in [5, 5.41) is 6.60. The van der Waals surface area contributed by atoms with Crippen LogP contribution in [-0.2, 0) is 14.3 Å². The number of nitrogens with zero attached hydrogens (tertiary/aromatic N) is 1. The van der Waals surface area contributed by atoms with Crippen LogP contribution in [0.5, 0.6) is 0 Å². The normalized spacial score (nSPS) is 20.1. The van der Waals surface area contributed by atoms with Gasteiger partial charge in [-0.25, -0.2) is 0 Å². The number of morpholine rings is 1. The average Bonchev–Trinajstić information content (AvgIpc) is 2.71. The lowest BCUT2D eigenvalue weighted by Crippen LogP contribution is -2.52. The number of carbonyl (C=O) groups excluding carboxylic acids is 1. The third kappa shape index (κ3) is 6.81. The summed E-state index contributed by atoms with van der Waals surface area (Å²) < 4.78 is 10.9. The summed E-state index contributed by atoms with van der Waals surface area (Å²) in [5.74, 6) is 0.122. The highest BCUT2D eigenvalue weighted by atomic mass is 35.5. The number of nitrogens with one attached hydrogen (secondary N) is 2. The maximum absolute atomic E-state index is 13.1. The zero-order valence-electron chi connectivity index (χ0n) is 17.4. The second-order valence-corrected chi connectivity index (χ2v) is 7.75. The average molecular weight is 448 g/mol. The molecule has 0 saturated carbocycles. The van der Waals surface area contributed by atoms with Gasteiger partial charge in [-0.1, -0.05) is 29.8 Å². The summed E-state index contributed by atoms with van der Waals surface area (Å²) in [7, 11) is 1.68. The first-order valence-electron chi connectivity index (χ1n) is 10.0. The van der Waals surface area contributed by atoms with E-state index in [0.717, 1.165) is 52.2 Å². The summed E-state index contributed by atoms with van der Waals surface area (Å²) in [4.78, 5) is 15.5. The van der Waals surface area contributed by atoms with Gasteiger partial charge < -0.3 is 20.1 Å². The fraction of sp³-hybridized carbons (Fsp3) is 0.667. The zero-order chi connectivity index (χ0) is 19.1. The highest BCUT2D eigenvalue weighted by molar-refractivity contribution is 5.85. The number of halogens is 2. The van der Waals surface area contributed by atoms with E-state index in [-0.39, 0.29) is 36.8 Å². The van der Waals surface area contributed by atoms with Gasteiger partial charge in [-0.05, 0) is 38.4 Å². The first-order valence-corrected chi connectivity index (χ1v) is 10.0. The summed E-state index contributed by atoms with van der Waals surface area (Å²) in [6.07, 6.45) is 1.64. The van der Waals surface area contributed by atoms with Crippen molar-refractivity contribution >= 4 is 30.7 Å². The molecule has 3 rings (SSSR count). The van der Waals surface area contributed by atoms with Gasteiger partial charge in [-0.2, -0.15) is 0 Å². The zero-order valence-corrected chi connectivity index (χ0v) is 19.1. The Morgan fingerprint density at radius 1 is 1.21 bits per heavy atom. The van der Waals surface area contributed by atoms with E-state index in [1.807, 2.05) is 0 Å². The van der Waals surface area contributed by atoms with Crippen molar-refractivity contribution in [1.82, 2.24) is 15.5 Å². The van der Waals surface area contributed by atoms with E-state index >= 15 is 0 Å². The molecule has 1 aromatic rings. The van der Waals surface area contributed by atoms with E-state index in [1.165, 1.54) is 11.1 Å². The van der Waals surface area contributed by atoms with Crippen LogP contribution in [0.25, 0.3) is 0 Å². The van der Waals surface area contributed by atoms with Crippen LogP contribution in [0.4, 0.5) is 0 Å².